The lowest BCUT2D eigenvalue weighted by Crippen LogP contribution is -2.53. The molecule has 2 aliphatic heterocycles. The first kappa shape index (κ1) is 16.4. The Kier molecular flexibility index (Phi) is 4.02. The maximum Gasteiger partial charge on any atom is 0.344 e. The predicted molar refractivity (Wildman–Crippen MR) is 83.3 cm³/mol. The van der Waals surface area contributed by atoms with Crippen molar-refractivity contribution in [1.82, 2.24) is 20.8 Å². The van der Waals surface area contributed by atoms with Crippen LogP contribution in [0.4, 0.5) is 4.79 Å². The number of hydrogen-bond donors (Lipinski definition) is 2. The Hall–Kier alpha value is -2.45. The summed E-state index contributed by atoms with van der Waals surface area (Å²) in [6.07, 6.45) is 3.21. The van der Waals surface area contributed by atoms with Gasteiger partial charge >= 0.3 is 6.03 Å². The second-order valence-electron chi connectivity index (χ2n) is 6.74. The molecule has 0 aromatic carbocycles. The number of nitrogens with one attached hydrogen (secondary N) is 2. The third kappa shape index (κ3) is 2.74. The first-order valence-electron chi connectivity index (χ1n) is 8.14. The zero-order valence-electron chi connectivity index (χ0n) is 13.8. The molecule has 3 aliphatic rings. The lowest BCUT2D eigenvalue weighted by Gasteiger charge is -2.33. The molecule has 3 rings (SSSR count). The Morgan fingerprint density at radius 2 is 1.92 bits per heavy atom. The molecule has 5 amide bonds. The minimum absolute atomic E-state index is 0.121. The van der Waals surface area contributed by atoms with Crippen LogP contribution in [0.5, 0.6) is 0 Å². The summed E-state index contributed by atoms with van der Waals surface area (Å²) < 4.78 is 0. The molecule has 1 saturated carbocycles. The number of urea groups is 1. The molecule has 0 aromatic heterocycles. The van der Waals surface area contributed by atoms with Gasteiger partial charge in [-0.1, -0.05) is 6.92 Å². The Morgan fingerprint density at radius 1 is 1.25 bits per heavy atom. The number of imide groups is 1. The van der Waals surface area contributed by atoms with Gasteiger partial charge in [-0.3, -0.25) is 19.8 Å². The molecule has 0 unspecified atom stereocenters. The van der Waals surface area contributed by atoms with Crippen molar-refractivity contribution in [2.45, 2.75) is 51.0 Å². The van der Waals surface area contributed by atoms with E-state index >= 15 is 0 Å². The number of carbonyl (C=O) groups is 4. The highest BCUT2D eigenvalue weighted by molar-refractivity contribution is 6.40. The highest BCUT2D eigenvalue weighted by Crippen LogP contribution is 2.35. The van der Waals surface area contributed by atoms with E-state index < -0.39 is 23.4 Å². The van der Waals surface area contributed by atoms with Gasteiger partial charge in [-0.15, -0.1) is 0 Å². The molecule has 9 heteroatoms. The van der Waals surface area contributed by atoms with Gasteiger partial charge in [-0.05, 0) is 31.6 Å². The molecule has 130 valence electrons. The average molecular weight is 335 g/mol. The fourth-order valence-corrected chi connectivity index (χ4v) is 3.31. The third-order valence-electron chi connectivity index (χ3n) is 4.97. The van der Waals surface area contributed by atoms with E-state index in [9.17, 15) is 19.2 Å². The van der Waals surface area contributed by atoms with E-state index in [0.717, 1.165) is 22.9 Å². The molecule has 0 aromatic rings. The van der Waals surface area contributed by atoms with E-state index in [1.165, 1.54) is 7.05 Å². The lowest BCUT2D eigenvalue weighted by molar-refractivity contribution is -0.138. The van der Waals surface area contributed by atoms with Crippen molar-refractivity contribution in [3.8, 4) is 0 Å². The van der Waals surface area contributed by atoms with E-state index in [1.54, 1.807) is 0 Å². The number of hydrazine groups is 1. The molecule has 2 N–H and O–H groups in total. The molecular formula is C15H21N5O4. The summed E-state index contributed by atoms with van der Waals surface area (Å²) in [4.78, 5) is 48.5. The first-order valence-corrected chi connectivity index (χ1v) is 8.14. The second-order valence-corrected chi connectivity index (χ2v) is 6.74. The lowest BCUT2D eigenvalue weighted by atomic mass is 9.77. The maximum atomic E-state index is 12.7. The van der Waals surface area contributed by atoms with Gasteiger partial charge in [0.1, 0.15) is 11.3 Å². The highest BCUT2D eigenvalue weighted by atomic mass is 16.2. The van der Waals surface area contributed by atoms with Gasteiger partial charge < -0.3 is 5.32 Å². The molecule has 0 atom stereocenters. The van der Waals surface area contributed by atoms with Crippen molar-refractivity contribution in [1.29, 1.82) is 0 Å². The Bertz CT molecular complexity index is 636. The van der Waals surface area contributed by atoms with Crippen LogP contribution < -0.4 is 10.7 Å². The Labute approximate surface area is 139 Å². The molecule has 1 saturated heterocycles. The van der Waals surface area contributed by atoms with Crippen molar-refractivity contribution in [3.05, 3.63) is 0 Å². The normalized spacial score (nSPS) is 30.5. The number of nitrogens with zero attached hydrogens (tertiary/aromatic N) is 3. The van der Waals surface area contributed by atoms with Gasteiger partial charge in [0.2, 0.25) is 5.91 Å². The van der Waals surface area contributed by atoms with Crippen molar-refractivity contribution in [2.24, 2.45) is 11.0 Å². The van der Waals surface area contributed by atoms with E-state index in [4.69, 9.17) is 0 Å². The van der Waals surface area contributed by atoms with Crippen molar-refractivity contribution >= 4 is 29.5 Å². The van der Waals surface area contributed by atoms with Crippen molar-refractivity contribution in [3.63, 3.8) is 0 Å². The monoisotopic (exact) mass is 335 g/mol. The molecule has 0 radical (unpaired) electrons. The third-order valence-corrected chi connectivity index (χ3v) is 4.97. The van der Waals surface area contributed by atoms with Crippen LogP contribution in [0.3, 0.4) is 0 Å². The smallest absolute Gasteiger partial charge is 0.322 e. The number of carbonyl (C=O) groups excluding carboxylic acids is 4. The number of rotatable bonds is 2. The second kappa shape index (κ2) is 5.88. The SMILES string of the molecule is CC1CCC2(CC1)NC(=O)N(NC(=O)C1=NN(C)C(=O)CC1)C2=O. The minimum Gasteiger partial charge on any atom is -0.322 e. The fraction of sp³-hybridized carbons (Fsp3) is 0.667. The van der Waals surface area contributed by atoms with Crippen molar-refractivity contribution < 1.29 is 19.2 Å². The first-order chi connectivity index (χ1) is 11.3. The summed E-state index contributed by atoms with van der Waals surface area (Å²) in [5, 5.41) is 8.46. The zero-order chi connectivity index (χ0) is 17.5. The van der Waals surface area contributed by atoms with Gasteiger partial charge in [0.05, 0.1) is 0 Å². The van der Waals surface area contributed by atoms with Crippen LogP contribution in [0.25, 0.3) is 0 Å². The van der Waals surface area contributed by atoms with Crippen LogP contribution in [0.1, 0.15) is 45.4 Å². The predicted octanol–water partition coefficient (Wildman–Crippen LogP) is 0.127. The quantitative estimate of drug-likeness (QED) is 0.698. The highest BCUT2D eigenvalue weighted by Gasteiger charge is 2.53. The standard InChI is InChI=1S/C15H21N5O4/c1-9-5-7-15(8-6-9)13(23)20(14(24)16-15)18-12(22)10-3-4-11(21)19(2)17-10/h9H,3-8H2,1-2H3,(H,16,24)(H,18,22). The fourth-order valence-electron chi connectivity index (χ4n) is 3.31. The Balaban J connectivity index is 1.70. The molecule has 24 heavy (non-hydrogen) atoms. The van der Waals surface area contributed by atoms with Crippen molar-refractivity contribution in [2.75, 3.05) is 7.05 Å². The van der Waals surface area contributed by atoms with E-state index in [0.29, 0.717) is 18.8 Å². The summed E-state index contributed by atoms with van der Waals surface area (Å²) in [5.74, 6) is -0.724. The summed E-state index contributed by atoms with van der Waals surface area (Å²) in [5.41, 5.74) is 1.55. The number of hydrogen-bond acceptors (Lipinski definition) is 5. The van der Waals surface area contributed by atoms with Gasteiger partial charge in [0.25, 0.3) is 11.8 Å². The Morgan fingerprint density at radius 3 is 2.54 bits per heavy atom. The molecule has 2 heterocycles. The molecule has 1 aliphatic carbocycles. The molecular weight excluding hydrogens is 314 g/mol. The van der Waals surface area contributed by atoms with Gasteiger partial charge in [-0.25, -0.2) is 9.80 Å². The van der Waals surface area contributed by atoms with Gasteiger partial charge in [0, 0.05) is 19.9 Å². The largest absolute Gasteiger partial charge is 0.344 e. The van der Waals surface area contributed by atoms with Crippen LogP contribution in [0, 0.1) is 5.92 Å². The number of amides is 5. The van der Waals surface area contributed by atoms with E-state index in [1.807, 2.05) is 0 Å². The van der Waals surface area contributed by atoms with Gasteiger partial charge in [-0.2, -0.15) is 10.1 Å². The van der Waals surface area contributed by atoms with Crippen LogP contribution in [-0.4, -0.2) is 52.1 Å². The van der Waals surface area contributed by atoms with Gasteiger partial charge in [0.15, 0.2) is 0 Å². The summed E-state index contributed by atoms with van der Waals surface area (Å²) in [6, 6.07) is -0.622. The average Bonchev–Trinajstić information content (AvgIpc) is 2.77. The summed E-state index contributed by atoms with van der Waals surface area (Å²) in [7, 11) is 1.46. The van der Waals surface area contributed by atoms with E-state index in [-0.39, 0.29) is 24.5 Å². The summed E-state index contributed by atoms with van der Waals surface area (Å²) >= 11 is 0. The summed E-state index contributed by atoms with van der Waals surface area (Å²) in [6.45, 7) is 2.12. The topological polar surface area (TPSA) is 111 Å². The van der Waals surface area contributed by atoms with Crippen LogP contribution >= 0.6 is 0 Å². The van der Waals surface area contributed by atoms with Crippen LogP contribution in [0.15, 0.2) is 5.10 Å². The molecule has 0 bridgehead atoms. The molecule has 2 fully saturated rings. The maximum absolute atomic E-state index is 12.7. The van der Waals surface area contributed by atoms with Crippen LogP contribution in [-0.2, 0) is 14.4 Å². The molecule has 1 spiro atoms. The van der Waals surface area contributed by atoms with Crippen LogP contribution in [0.2, 0.25) is 0 Å². The number of hydrazone groups is 1. The minimum atomic E-state index is -0.905. The molecule has 9 nitrogen and oxygen atoms in total. The van der Waals surface area contributed by atoms with E-state index in [2.05, 4.69) is 22.8 Å². The zero-order valence-corrected chi connectivity index (χ0v) is 13.8.